The van der Waals surface area contributed by atoms with Gasteiger partial charge in [-0.2, -0.15) is 0 Å². The number of halogens is 1. The van der Waals surface area contributed by atoms with E-state index in [1.165, 1.54) is 38.9 Å². The summed E-state index contributed by atoms with van der Waals surface area (Å²) in [5, 5.41) is 6.95. The van der Waals surface area contributed by atoms with E-state index in [1.54, 1.807) is 0 Å². The summed E-state index contributed by atoms with van der Waals surface area (Å²) in [5.74, 6) is 1.82. The Hall–Kier alpha value is -0.120. The van der Waals surface area contributed by atoms with Gasteiger partial charge >= 0.3 is 0 Å². The smallest absolute Gasteiger partial charge is 0.191 e. The maximum absolute atomic E-state index is 5.48. The van der Waals surface area contributed by atoms with E-state index in [0.717, 1.165) is 57.8 Å². The average Bonchev–Trinajstić information content (AvgIpc) is 2.67. The number of ether oxygens (including phenoxy) is 1. The topological polar surface area (TPSA) is 52.1 Å². The van der Waals surface area contributed by atoms with Crippen molar-refractivity contribution in [2.24, 2.45) is 10.9 Å². The molecule has 0 radical (unpaired) electrons. The number of rotatable bonds is 8. The molecule has 0 bridgehead atoms. The Kier molecular flexibility index (Phi) is 12.2. The van der Waals surface area contributed by atoms with Crippen molar-refractivity contribution >= 4 is 29.9 Å². The number of morpholine rings is 1. The van der Waals surface area contributed by atoms with E-state index in [9.17, 15) is 0 Å². The summed E-state index contributed by atoms with van der Waals surface area (Å²) in [5.41, 5.74) is 0.0686. The lowest BCUT2D eigenvalue weighted by Crippen LogP contribution is -2.52. The van der Waals surface area contributed by atoms with Gasteiger partial charge in [0.2, 0.25) is 0 Å². The van der Waals surface area contributed by atoms with Gasteiger partial charge in [-0.3, -0.25) is 9.89 Å². The molecule has 0 aliphatic carbocycles. The monoisotopic (exact) mass is 495 g/mol. The van der Waals surface area contributed by atoms with E-state index in [4.69, 9.17) is 9.73 Å². The fraction of sp³-hybridized carbons (Fsp3) is 0.950. The molecule has 2 fully saturated rings. The molecular weight excluding hydrogens is 453 g/mol. The van der Waals surface area contributed by atoms with Crippen LogP contribution in [0.1, 0.15) is 47.0 Å². The Morgan fingerprint density at radius 3 is 2.33 bits per heavy atom. The molecule has 0 atom stereocenters. The number of aliphatic imine (C=N–C) groups is 1. The summed E-state index contributed by atoms with van der Waals surface area (Å²) in [6.45, 7) is 19.1. The minimum absolute atomic E-state index is 0. The van der Waals surface area contributed by atoms with Gasteiger partial charge in [0.15, 0.2) is 5.96 Å². The molecule has 0 aromatic carbocycles. The molecular formula is C20H42IN5O. The molecule has 160 valence electrons. The normalized spacial score (nSPS) is 21.0. The number of hydrogen-bond acceptors (Lipinski definition) is 4. The van der Waals surface area contributed by atoms with E-state index in [0.29, 0.717) is 0 Å². The zero-order valence-electron chi connectivity index (χ0n) is 17.9. The van der Waals surface area contributed by atoms with Crippen LogP contribution in [0.15, 0.2) is 4.99 Å². The zero-order chi connectivity index (χ0) is 18.8. The number of piperidine rings is 1. The van der Waals surface area contributed by atoms with Crippen molar-refractivity contribution in [2.75, 3.05) is 65.6 Å². The lowest BCUT2D eigenvalue weighted by atomic mass is 9.93. The first-order chi connectivity index (χ1) is 12.5. The van der Waals surface area contributed by atoms with Gasteiger partial charge in [-0.05, 0) is 65.6 Å². The van der Waals surface area contributed by atoms with Crippen molar-refractivity contribution in [3.05, 3.63) is 0 Å². The average molecular weight is 495 g/mol. The number of guanidine groups is 1. The summed E-state index contributed by atoms with van der Waals surface area (Å²) in [6.07, 6.45) is 3.93. The molecule has 27 heavy (non-hydrogen) atoms. The molecule has 2 aliphatic rings. The molecule has 2 rings (SSSR count). The van der Waals surface area contributed by atoms with Gasteiger partial charge in [0.25, 0.3) is 0 Å². The first-order valence-corrected chi connectivity index (χ1v) is 10.6. The Morgan fingerprint density at radius 1 is 1.07 bits per heavy atom. The first-order valence-electron chi connectivity index (χ1n) is 10.6. The molecule has 7 heteroatoms. The molecule has 2 saturated heterocycles. The maximum atomic E-state index is 5.48. The Morgan fingerprint density at radius 2 is 1.74 bits per heavy atom. The Labute approximate surface area is 183 Å². The van der Waals surface area contributed by atoms with E-state index in [-0.39, 0.29) is 29.5 Å². The molecule has 0 unspecified atom stereocenters. The SMILES string of the molecule is CCNC(=NCC(C)(C)N1CCOCC1)NCCC1CCN(CC)CC1.I. The second kappa shape index (κ2) is 13.2. The van der Waals surface area contributed by atoms with Gasteiger partial charge < -0.3 is 20.3 Å². The fourth-order valence-corrected chi connectivity index (χ4v) is 3.87. The fourth-order valence-electron chi connectivity index (χ4n) is 3.87. The molecule has 0 saturated carbocycles. The highest BCUT2D eigenvalue weighted by Gasteiger charge is 2.28. The van der Waals surface area contributed by atoms with Gasteiger partial charge in [-0.15, -0.1) is 24.0 Å². The molecule has 0 aromatic rings. The number of hydrogen-bond donors (Lipinski definition) is 2. The molecule has 2 heterocycles. The summed E-state index contributed by atoms with van der Waals surface area (Å²) < 4.78 is 5.48. The van der Waals surface area contributed by atoms with Gasteiger partial charge in [-0.25, -0.2) is 0 Å². The molecule has 2 N–H and O–H groups in total. The highest BCUT2D eigenvalue weighted by Crippen LogP contribution is 2.19. The van der Waals surface area contributed by atoms with Crippen molar-refractivity contribution in [3.8, 4) is 0 Å². The van der Waals surface area contributed by atoms with E-state index < -0.39 is 0 Å². The predicted octanol–water partition coefficient (Wildman–Crippen LogP) is 2.39. The van der Waals surface area contributed by atoms with Crippen LogP contribution in [-0.4, -0.2) is 86.9 Å². The van der Waals surface area contributed by atoms with Crippen LogP contribution in [0.2, 0.25) is 0 Å². The van der Waals surface area contributed by atoms with Crippen LogP contribution in [0, 0.1) is 5.92 Å². The summed E-state index contributed by atoms with van der Waals surface area (Å²) in [4.78, 5) is 9.92. The van der Waals surface area contributed by atoms with Crippen LogP contribution in [0.3, 0.4) is 0 Å². The molecule has 0 aromatic heterocycles. The van der Waals surface area contributed by atoms with Crippen LogP contribution in [0.4, 0.5) is 0 Å². The third-order valence-corrected chi connectivity index (χ3v) is 5.83. The van der Waals surface area contributed by atoms with Gasteiger partial charge in [-0.1, -0.05) is 6.92 Å². The van der Waals surface area contributed by atoms with Crippen LogP contribution >= 0.6 is 24.0 Å². The van der Waals surface area contributed by atoms with Crippen molar-refractivity contribution in [3.63, 3.8) is 0 Å². The third kappa shape index (κ3) is 8.83. The van der Waals surface area contributed by atoms with Crippen molar-refractivity contribution in [1.82, 2.24) is 20.4 Å². The van der Waals surface area contributed by atoms with Gasteiger partial charge in [0.1, 0.15) is 0 Å². The number of likely N-dealkylation sites (tertiary alicyclic amines) is 1. The summed E-state index contributed by atoms with van der Waals surface area (Å²) in [6, 6.07) is 0. The summed E-state index contributed by atoms with van der Waals surface area (Å²) >= 11 is 0. The van der Waals surface area contributed by atoms with Crippen molar-refractivity contribution < 1.29 is 4.74 Å². The molecule has 0 spiro atoms. The molecule has 6 nitrogen and oxygen atoms in total. The standard InChI is InChI=1S/C20H41N5O.HI/c1-5-21-19(22-10-7-18-8-11-24(6-2)12-9-18)23-17-20(3,4)25-13-15-26-16-14-25;/h18H,5-17H2,1-4H3,(H2,21,22,23);1H. The Balaban J connectivity index is 0.00000364. The second-order valence-corrected chi connectivity index (χ2v) is 8.20. The molecule has 2 aliphatic heterocycles. The minimum atomic E-state index is 0. The highest BCUT2D eigenvalue weighted by molar-refractivity contribution is 14.0. The van der Waals surface area contributed by atoms with Crippen LogP contribution in [0.5, 0.6) is 0 Å². The third-order valence-electron chi connectivity index (χ3n) is 5.83. The largest absolute Gasteiger partial charge is 0.379 e. The lowest BCUT2D eigenvalue weighted by Gasteiger charge is -2.40. The predicted molar refractivity (Wildman–Crippen MR) is 125 cm³/mol. The zero-order valence-corrected chi connectivity index (χ0v) is 20.3. The highest BCUT2D eigenvalue weighted by atomic mass is 127. The van der Waals surface area contributed by atoms with Crippen LogP contribution in [0.25, 0.3) is 0 Å². The molecule has 0 amide bonds. The maximum Gasteiger partial charge on any atom is 0.191 e. The van der Waals surface area contributed by atoms with E-state index in [2.05, 4.69) is 48.1 Å². The van der Waals surface area contributed by atoms with Gasteiger partial charge in [0.05, 0.1) is 19.8 Å². The van der Waals surface area contributed by atoms with E-state index >= 15 is 0 Å². The number of nitrogens with zero attached hydrogens (tertiary/aromatic N) is 3. The van der Waals surface area contributed by atoms with E-state index in [1.807, 2.05) is 0 Å². The van der Waals surface area contributed by atoms with Gasteiger partial charge in [0, 0.05) is 31.7 Å². The van der Waals surface area contributed by atoms with Crippen LogP contribution < -0.4 is 10.6 Å². The quantitative estimate of drug-likeness (QED) is 0.308. The minimum Gasteiger partial charge on any atom is -0.379 e. The second-order valence-electron chi connectivity index (χ2n) is 8.20. The van der Waals surface area contributed by atoms with Crippen LogP contribution in [-0.2, 0) is 4.74 Å². The summed E-state index contributed by atoms with van der Waals surface area (Å²) in [7, 11) is 0. The lowest BCUT2D eigenvalue weighted by molar-refractivity contribution is -0.00683. The van der Waals surface area contributed by atoms with Crippen molar-refractivity contribution in [2.45, 2.75) is 52.5 Å². The van der Waals surface area contributed by atoms with Crippen molar-refractivity contribution in [1.29, 1.82) is 0 Å². The Bertz CT molecular complexity index is 419. The number of nitrogens with one attached hydrogen (secondary N) is 2. The first kappa shape index (κ1) is 24.9.